The fraction of sp³-hybridized carbons (Fsp3) is 0.600. The standard InChI is InChI=1S/C10H14BrS.BrH.Mg/c1-2-3-4-5-6-9-7-8-12-10(9)11;;/h7H,2-6H2,1H3;1H;/q;;+1/p-1. The molecule has 0 aliphatic rings. The quantitative estimate of drug-likeness (QED) is 0.531. The molecule has 1 rings (SSSR count). The van der Waals surface area contributed by atoms with Gasteiger partial charge >= 0.3 is 18.2 Å². The highest BCUT2D eigenvalue weighted by atomic mass is 79.9. The van der Waals surface area contributed by atoms with Crippen molar-refractivity contribution in [2.75, 3.05) is 0 Å². The van der Waals surface area contributed by atoms with Crippen LogP contribution in [0.4, 0.5) is 0 Å². The van der Waals surface area contributed by atoms with Gasteiger partial charge in [0.2, 0.25) is 0 Å². The Bertz CT molecular complexity index is 273. The molecule has 0 aromatic carbocycles. The molecule has 0 radical (unpaired) electrons. The average Bonchev–Trinajstić information content (AvgIpc) is 2.54. The van der Waals surface area contributed by atoms with Gasteiger partial charge in [0.1, 0.15) is 0 Å². The van der Waals surface area contributed by atoms with E-state index in [0.717, 1.165) is 0 Å². The number of halogens is 2. The summed E-state index contributed by atoms with van der Waals surface area (Å²) < 4.78 is 2.92. The van der Waals surface area contributed by atoms with Crippen molar-refractivity contribution in [3.8, 4) is 0 Å². The molecule has 1 aromatic heterocycles. The number of hydrogen-bond donors (Lipinski definition) is 0. The highest BCUT2D eigenvalue weighted by molar-refractivity contribution is 9.23. The van der Waals surface area contributed by atoms with Crippen LogP contribution in [-0.2, 0) is 6.42 Å². The summed E-state index contributed by atoms with van der Waals surface area (Å²) in [5, 5.41) is 0. The van der Waals surface area contributed by atoms with Gasteiger partial charge in [-0.25, -0.2) is 0 Å². The van der Waals surface area contributed by atoms with Gasteiger partial charge in [-0.2, -0.15) is 11.3 Å². The molecule has 0 amide bonds. The van der Waals surface area contributed by atoms with Gasteiger partial charge in [0.25, 0.3) is 0 Å². The Morgan fingerprint density at radius 2 is 2.14 bits per heavy atom. The van der Waals surface area contributed by atoms with Gasteiger partial charge in [-0.15, -0.1) is 3.01 Å². The summed E-state index contributed by atoms with van der Waals surface area (Å²) in [6, 6.07) is 2.38. The van der Waals surface area contributed by atoms with Gasteiger partial charge in [-0.1, -0.05) is 32.3 Å². The zero-order chi connectivity index (χ0) is 10.4. The second-order valence-electron chi connectivity index (χ2n) is 3.46. The molecule has 0 saturated heterocycles. The first-order chi connectivity index (χ1) is 6.77. The molecular weight excluding hydrogens is 336 g/mol. The van der Waals surface area contributed by atoms with Crippen molar-refractivity contribution in [3.63, 3.8) is 0 Å². The van der Waals surface area contributed by atoms with Crippen LogP contribution in [0.1, 0.15) is 38.2 Å². The zero-order valence-electron chi connectivity index (χ0n) is 8.48. The third kappa shape index (κ3) is 4.52. The first kappa shape index (κ1) is 13.5. The van der Waals surface area contributed by atoms with Crippen molar-refractivity contribution in [1.82, 2.24) is 0 Å². The predicted octanol–water partition coefficient (Wildman–Crippen LogP) is 4.27. The van der Waals surface area contributed by atoms with Crippen molar-refractivity contribution in [1.29, 1.82) is 0 Å². The number of aryl methyl sites for hydroxylation is 1. The van der Waals surface area contributed by atoms with Crippen LogP contribution in [0.3, 0.4) is 0 Å². The molecular formula is C10H14Br2MgS. The molecule has 0 aliphatic carbocycles. The van der Waals surface area contributed by atoms with Crippen LogP contribution in [-0.4, -0.2) is 18.2 Å². The van der Waals surface area contributed by atoms with Gasteiger partial charge in [-0.05, 0) is 34.3 Å². The first-order valence-corrected chi connectivity index (χ1v) is 11.3. The van der Waals surface area contributed by atoms with Gasteiger partial charge in [0, 0.05) is 0 Å². The van der Waals surface area contributed by atoms with E-state index in [0.29, 0.717) is 0 Å². The summed E-state index contributed by atoms with van der Waals surface area (Å²) in [6.07, 6.45) is 6.66. The molecule has 4 heteroatoms. The van der Waals surface area contributed by atoms with Crippen LogP contribution < -0.4 is 3.01 Å². The van der Waals surface area contributed by atoms with E-state index in [4.69, 9.17) is 0 Å². The summed E-state index contributed by atoms with van der Waals surface area (Å²) in [6.45, 7) is 2.26. The minimum atomic E-state index is -0.141. The van der Waals surface area contributed by atoms with Crippen molar-refractivity contribution >= 4 is 61.3 Å². The lowest BCUT2D eigenvalue weighted by Crippen LogP contribution is -1.99. The van der Waals surface area contributed by atoms with Gasteiger partial charge in [-0.3, -0.25) is 12.9 Å². The molecule has 14 heavy (non-hydrogen) atoms. The Balaban J connectivity index is 2.38. The summed E-state index contributed by atoms with van der Waals surface area (Å²) in [4.78, 5) is 0. The van der Waals surface area contributed by atoms with Crippen LogP contribution in [0.2, 0.25) is 0 Å². The van der Waals surface area contributed by atoms with Crippen LogP contribution in [0, 0.1) is 0 Å². The third-order valence-electron chi connectivity index (χ3n) is 2.24. The summed E-state index contributed by atoms with van der Waals surface area (Å²) in [5.74, 6) is 0. The Morgan fingerprint density at radius 1 is 1.36 bits per heavy atom. The molecule has 0 aliphatic heterocycles. The molecule has 0 atom stereocenters. The average molecular weight is 350 g/mol. The lowest BCUT2D eigenvalue weighted by atomic mass is 10.1. The van der Waals surface area contributed by atoms with E-state index in [1.54, 1.807) is 3.01 Å². The molecule has 0 N–H and O–H groups in total. The maximum absolute atomic E-state index is 3.65. The van der Waals surface area contributed by atoms with Crippen LogP contribution in [0.5, 0.6) is 0 Å². The third-order valence-corrected chi connectivity index (χ3v) is 8.32. The maximum atomic E-state index is 3.65. The second-order valence-corrected chi connectivity index (χ2v) is 9.13. The normalized spacial score (nSPS) is 10.2. The summed E-state index contributed by atoms with van der Waals surface area (Å²) in [5.41, 5.74) is 1.52. The van der Waals surface area contributed by atoms with E-state index >= 15 is 0 Å². The number of thiophene rings is 1. The van der Waals surface area contributed by atoms with Crippen molar-refractivity contribution < 1.29 is 0 Å². The molecule has 76 valence electrons. The highest BCUT2D eigenvalue weighted by Gasteiger charge is 2.06. The summed E-state index contributed by atoms with van der Waals surface area (Å²) >= 11 is 9.04. The van der Waals surface area contributed by atoms with E-state index in [1.165, 1.54) is 41.5 Å². The minimum Gasteiger partial charge on any atom is -0.295 e. The van der Waals surface area contributed by atoms with E-state index in [2.05, 4.69) is 41.8 Å². The van der Waals surface area contributed by atoms with Crippen molar-refractivity contribution in [2.45, 2.75) is 39.0 Å². The van der Waals surface area contributed by atoms with E-state index < -0.39 is 0 Å². The Morgan fingerprint density at radius 3 is 2.71 bits per heavy atom. The number of unbranched alkanes of at least 4 members (excludes halogenated alkanes) is 3. The van der Waals surface area contributed by atoms with E-state index in [9.17, 15) is 0 Å². The minimum absolute atomic E-state index is 0.141. The maximum Gasteiger partial charge on any atom is 0.522 e. The molecule has 0 fully saturated rings. The van der Waals surface area contributed by atoms with Crippen LogP contribution >= 0.6 is 40.2 Å². The summed E-state index contributed by atoms with van der Waals surface area (Å²) in [7, 11) is 0. The molecule has 0 saturated carbocycles. The van der Waals surface area contributed by atoms with Gasteiger partial charge in [0.15, 0.2) is 0 Å². The molecule has 0 bridgehead atoms. The molecule has 0 nitrogen and oxygen atoms in total. The predicted molar refractivity (Wildman–Crippen MR) is 74.2 cm³/mol. The fourth-order valence-electron chi connectivity index (χ4n) is 1.44. The van der Waals surface area contributed by atoms with Crippen molar-refractivity contribution in [2.24, 2.45) is 0 Å². The first-order valence-electron chi connectivity index (χ1n) is 5.11. The molecule has 1 aromatic rings. The van der Waals surface area contributed by atoms with Gasteiger partial charge in [0.05, 0.1) is 3.79 Å². The van der Waals surface area contributed by atoms with Crippen molar-refractivity contribution in [3.05, 3.63) is 15.4 Å². The Kier molecular flexibility index (Phi) is 7.38. The Labute approximate surface area is 115 Å². The monoisotopic (exact) mass is 348 g/mol. The van der Waals surface area contributed by atoms with E-state index in [-0.39, 0.29) is 18.2 Å². The molecule has 0 unspecified atom stereocenters. The zero-order valence-corrected chi connectivity index (χ0v) is 13.9. The van der Waals surface area contributed by atoms with E-state index in [1.807, 2.05) is 11.3 Å². The molecule has 0 spiro atoms. The Hall–Kier alpha value is 1.43. The van der Waals surface area contributed by atoms with Gasteiger partial charge < -0.3 is 0 Å². The second kappa shape index (κ2) is 7.66. The highest BCUT2D eigenvalue weighted by Crippen LogP contribution is 2.24. The largest absolute Gasteiger partial charge is 0.522 e. The SMILES string of the molecule is CCCCCCc1c[c]([Mg][Br])sc1Br. The lowest BCUT2D eigenvalue weighted by molar-refractivity contribution is 0.667. The number of rotatable bonds is 6. The number of hydrogen-bond acceptors (Lipinski definition) is 1. The molecule has 1 heterocycles. The fourth-order valence-corrected chi connectivity index (χ4v) is 6.22. The van der Waals surface area contributed by atoms with Crippen LogP contribution in [0.15, 0.2) is 9.85 Å². The topological polar surface area (TPSA) is 0 Å². The smallest absolute Gasteiger partial charge is 0.295 e. The van der Waals surface area contributed by atoms with Crippen LogP contribution in [0.25, 0.3) is 0 Å². The lowest BCUT2D eigenvalue weighted by Gasteiger charge is -1.98.